The summed E-state index contributed by atoms with van der Waals surface area (Å²) in [5, 5.41) is 3.28. The van der Waals surface area contributed by atoms with Gasteiger partial charge in [-0.25, -0.2) is 0 Å². The molecule has 0 saturated carbocycles. The van der Waals surface area contributed by atoms with Crippen molar-refractivity contribution in [2.45, 2.75) is 25.4 Å². The monoisotopic (exact) mass is 128 g/mol. The van der Waals surface area contributed by atoms with Gasteiger partial charge in [-0.15, -0.1) is 0 Å². The van der Waals surface area contributed by atoms with Crippen molar-refractivity contribution < 1.29 is 0 Å². The Labute approximate surface area is 57.2 Å². The van der Waals surface area contributed by atoms with E-state index in [2.05, 4.69) is 24.2 Å². The molecule has 2 heteroatoms. The van der Waals surface area contributed by atoms with Crippen molar-refractivity contribution in [3.8, 4) is 0 Å². The molecule has 9 heavy (non-hydrogen) atoms. The highest BCUT2D eigenvalue weighted by molar-refractivity contribution is 4.83. The molecule has 0 aromatic rings. The first-order valence-electron chi connectivity index (χ1n) is 3.61. The Morgan fingerprint density at radius 2 is 2.22 bits per heavy atom. The van der Waals surface area contributed by atoms with E-state index in [4.69, 9.17) is 0 Å². The normalized spacial score (nSPS) is 37.7. The Kier molecular flexibility index (Phi) is 2.09. The van der Waals surface area contributed by atoms with E-state index in [1.54, 1.807) is 0 Å². The van der Waals surface area contributed by atoms with Crippen molar-refractivity contribution in [2.24, 2.45) is 0 Å². The SMILES string of the molecule is CNC1CC(C)N(C)C1. The fourth-order valence-corrected chi connectivity index (χ4v) is 1.40. The van der Waals surface area contributed by atoms with Crippen molar-refractivity contribution in [3.05, 3.63) is 0 Å². The number of nitrogens with zero attached hydrogens (tertiary/aromatic N) is 1. The van der Waals surface area contributed by atoms with E-state index in [1.165, 1.54) is 13.0 Å². The molecule has 0 aromatic carbocycles. The zero-order valence-corrected chi connectivity index (χ0v) is 6.52. The first kappa shape index (κ1) is 7.03. The summed E-state index contributed by atoms with van der Waals surface area (Å²) < 4.78 is 0. The number of hydrogen-bond donors (Lipinski definition) is 1. The second kappa shape index (κ2) is 2.67. The second-order valence-corrected chi connectivity index (χ2v) is 3.01. The highest BCUT2D eigenvalue weighted by Gasteiger charge is 2.23. The lowest BCUT2D eigenvalue weighted by Crippen LogP contribution is -2.28. The largest absolute Gasteiger partial charge is 0.316 e. The molecular formula is C7H16N2. The van der Waals surface area contributed by atoms with Crippen LogP contribution in [0.15, 0.2) is 0 Å². The minimum atomic E-state index is 0.727. The van der Waals surface area contributed by atoms with Crippen LogP contribution in [-0.2, 0) is 0 Å². The van der Waals surface area contributed by atoms with E-state index < -0.39 is 0 Å². The fraction of sp³-hybridized carbons (Fsp3) is 1.00. The Bertz CT molecular complexity index is 82.9. The zero-order chi connectivity index (χ0) is 6.85. The Morgan fingerprint density at radius 3 is 2.44 bits per heavy atom. The predicted octanol–water partition coefficient (Wildman–Crippen LogP) is 0.298. The maximum Gasteiger partial charge on any atom is 0.0206 e. The summed E-state index contributed by atoms with van der Waals surface area (Å²) in [7, 11) is 4.22. The number of likely N-dealkylation sites (tertiary alicyclic amines) is 1. The number of nitrogens with one attached hydrogen (secondary N) is 1. The van der Waals surface area contributed by atoms with Gasteiger partial charge in [0.05, 0.1) is 0 Å². The van der Waals surface area contributed by atoms with E-state index in [0.29, 0.717) is 0 Å². The topological polar surface area (TPSA) is 15.3 Å². The highest BCUT2D eigenvalue weighted by atomic mass is 15.2. The molecule has 0 bridgehead atoms. The Morgan fingerprint density at radius 1 is 1.56 bits per heavy atom. The molecule has 0 aromatic heterocycles. The van der Waals surface area contributed by atoms with E-state index in [-0.39, 0.29) is 0 Å². The predicted molar refractivity (Wildman–Crippen MR) is 39.6 cm³/mol. The molecule has 54 valence electrons. The first-order chi connectivity index (χ1) is 4.24. The van der Waals surface area contributed by atoms with Crippen molar-refractivity contribution in [1.29, 1.82) is 0 Å². The third-order valence-electron chi connectivity index (χ3n) is 2.29. The highest BCUT2D eigenvalue weighted by Crippen LogP contribution is 2.13. The van der Waals surface area contributed by atoms with Crippen LogP contribution in [0, 0.1) is 0 Å². The van der Waals surface area contributed by atoms with E-state index in [1.807, 2.05) is 7.05 Å². The second-order valence-electron chi connectivity index (χ2n) is 3.01. The molecule has 0 spiro atoms. The quantitative estimate of drug-likeness (QED) is 0.546. The number of rotatable bonds is 1. The molecule has 0 amide bonds. The Hall–Kier alpha value is -0.0800. The Balaban J connectivity index is 2.35. The summed E-state index contributed by atoms with van der Waals surface area (Å²) in [5.41, 5.74) is 0. The van der Waals surface area contributed by atoms with Crippen LogP contribution in [0.3, 0.4) is 0 Å². The molecule has 2 nitrogen and oxygen atoms in total. The van der Waals surface area contributed by atoms with Gasteiger partial charge in [0.1, 0.15) is 0 Å². The van der Waals surface area contributed by atoms with Crippen LogP contribution < -0.4 is 5.32 Å². The van der Waals surface area contributed by atoms with Crippen LogP contribution in [0.25, 0.3) is 0 Å². The van der Waals surface area contributed by atoms with Crippen LogP contribution >= 0.6 is 0 Å². The molecule has 1 rings (SSSR count). The summed E-state index contributed by atoms with van der Waals surface area (Å²) in [6, 6.07) is 1.49. The third-order valence-corrected chi connectivity index (χ3v) is 2.29. The molecule has 1 N–H and O–H groups in total. The maximum atomic E-state index is 3.28. The van der Waals surface area contributed by atoms with Crippen LogP contribution in [-0.4, -0.2) is 37.6 Å². The van der Waals surface area contributed by atoms with E-state index >= 15 is 0 Å². The molecule has 1 heterocycles. The molecule has 2 atom stereocenters. The summed E-state index contributed by atoms with van der Waals surface area (Å²) in [6.45, 7) is 3.48. The minimum absolute atomic E-state index is 0.727. The minimum Gasteiger partial charge on any atom is -0.316 e. The van der Waals surface area contributed by atoms with Gasteiger partial charge in [-0.2, -0.15) is 0 Å². The zero-order valence-electron chi connectivity index (χ0n) is 6.52. The van der Waals surface area contributed by atoms with Gasteiger partial charge >= 0.3 is 0 Å². The van der Waals surface area contributed by atoms with E-state index in [9.17, 15) is 0 Å². The summed E-state index contributed by atoms with van der Waals surface area (Å²) in [6.07, 6.45) is 1.30. The molecular weight excluding hydrogens is 112 g/mol. The van der Waals surface area contributed by atoms with Gasteiger partial charge in [0.2, 0.25) is 0 Å². The van der Waals surface area contributed by atoms with Gasteiger partial charge in [-0.1, -0.05) is 0 Å². The number of hydrogen-bond acceptors (Lipinski definition) is 2. The maximum absolute atomic E-state index is 3.28. The van der Waals surface area contributed by atoms with Gasteiger partial charge in [0, 0.05) is 18.6 Å². The van der Waals surface area contributed by atoms with Crippen LogP contribution in [0.5, 0.6) is 0 Å². The lowest BCUT2D eigenvalue weighted by Gasteiger charge is -2.12. The summed E-state index contributed by atoms with van der Waals surface area (Å²) in [4.78, 5) is 2.39. The van der Waals surface area contributed by atoms with Crippen molar-refractivity contribution in [2.75, 3.05) is 20.6 Å². The van der Waals surface area contributed by atoms with Crippen LogP contribution in [0.2, 0.25) is 0 Å². The third kappa shape index (κ3) is 1.43. The van der Waals surface area contributed by atoms with E-state index in [0.717, 1.165) is 12.1 Å². The van der Waals surface area contributed by atoms with Gasteiger partial charge in [-0.3, -0.25) is 0 Å². The fourth-order valence-electron chi connectivity index (χ4n) is 1.40. The summed E-state index contributed by atoms with van der Waals surface area (Å²) in [5.74, 6) is 0. The van der Waals surface area contributed by atoms with Crippen LogP contribution in [0.4, 0.5) is 0 Å². The standard InChI is InChI=1S/C7H16N2/c1-6-4-7(8-2)5-9(6)3/h6-8H,4-5H2,1-3H3. The molecule has 1 aliphatic heterocycles. The smallest absolute Gasteiger partial charge is 0.0206 e. The number of likely N-dealkylation sites (N-methyl/N-ethyl adjacent to an activating group) is 2. The van der Waals surface area contributed by atoms with Crippen LogP contribution in [0.1, 0.15) is 13.3 Å². The molecule has 0 aliphatic carbocycles. The molecule has 0 radical (unpaired) electrons. The van der Waals surface area contributed by atoms with Crippen molar-refractivity contribution in [1.82, 2.24) is 10.2 Å². The molecule has 2 unspecified atom stereocenters. The molecule has 1 fully saturated rings. The summed E-state index contributed by atoms with van der Waals surface area (Å²) >= 11 is 0. The average Bonchev–Trinajstić information content (AvgIpc) is 2.13. The lowest BCUT2D eigenvalue weighted by atomic mass is 10.2. The molecule has 1 saturated heterocycles. The van der Waals surface area contributed by atoms with Crippen molar-refractivity contribution >= 4 is 0 Å². The van der Waals surface area contributed by atoms with Crippen molar-refractivity contribution in [3.63, 3.8) is 0 Å². The van der Waals surface area contributed by atoms with Gasteiger partial charge < -0.3 is 10.2 Å². The van der Waals surface area contributed by atoms with Gasteiger partial charge in [0.15, 0.2) is 0 Å². The first-order valence-corrected chi connectivity index (χ1v) is 3.61. The molecule has 1 aliphatic rings. The average molecular weight is 128 g/mol. The van der Waals surface area contributed by atoms with Gasteiger partial charge in [-0.05, 0) is 27.4 Å². The van der Waals surface area contributed by atoms with Gasteiger partial charge in [0.25, 0.3) is 0 Å². The lowest BCUT2D eigenvalue weighted by molar-refractivity contribution is 0.327.